The molecule has 5 rings (SSSR count). The molecule has 0 saturated heterocycles. The molecule has 172 valence electrons. The number of aromatic nitrogens is 2. The quantitative estimate of drug-likeness (QED) is 0.262. The van der Waals surface area contributed by atoms with Crippen LogP contribution in [0.5, 0.6) is 0 Å². The minimum Gasteiger partial charge on any atom is -0.345 e. The van der Waals surface area contributed by atoms with Gasteiger partial charge in [-0.15, -0.1) is 0 Å². The van der Waals surface area contributed by atoms with Crippen molar-refractivity contribution in [1.29, 1.82) is 0 Å². The second-order valence-electron chi connectivity index (χ2n) is 7.83. The van der Waals surface area contributed by atoms with Crippen molar-refractivity contribution >= 4 is 34.2 Å². The Morgan fingerprint density at radius 3 is 2.20 bits per heavy atom. The molecule has 0 bridgehead atoms. The summed E-state index contributed by atoms with van der Waals surface area (Å²) >= 11 is 0. The first-order chi connectivity index (χ1) is 17.0. The van der Waals surface area contributed by atoms with Crippen LogP contribution >= 0.6 is 0 Å². The summed E-state index contributed by atoms with van der Waals surface area (Å²) < 4.78 is 26.3. The number of halogens is 2. The second kappa shape index (κ2) is 9.18. The maximum atomic E-state index is 13.3. The number of benzene rings is 3. The van der Waals surface area contributed by atoms with Gasteiger partial charge >= 0.3 is 6.03 Å². The molecule has 0 radical (unpaired) electrons. The Bertz CT molecular complexity index is 1540. The van der Waals surface area contributed by atoms with Crippen LogP contribution in [-0.2, 0) is 0 Å². The van der Waals surface area contributed by atoms with Crippen LogP contribution in [0.25, 0.3) is 22.2 Å². The number of pyridine rings is 1. The molecule has 2 aromatic heterocycles. The van der Waals surface area contributed by atoms with Crippen LogP contribution < -0.4 is 10.6 Å². The molecule has 0 atom stereocenters. The Kier molecular flexibility index (Phi) is 5.76. The molecule has 35 heavy (non-hydrogen) atoms. The molecular formula is C27H18F2N4O2. The van der Waals surface area contributed by atoms with Gasteiger partial charge in [-0.3, -0.25) is 4.79 Å². The van der Waals surface area contributed by atoms with Gasteiger partial charge in [0.25, 0.3) is 0 Å². The van der Waals surface area contributed by atoms with E-state index in [1.807, 2.05) is 6.07 Å². The Hall–Kier alpha value is -4.85. The Morgan fingerprint density at radius 2 is 1.46 bits per heavy atom. The molecule has 8 heteroatoms. The van der Waals surface area contributed by atoms with Crippen molar-refractivity contribution < 1.29 is 18.4 Å². The third-order valence-corrected chi connectivity index (χ3v) is 5.44. The lowest BCUT2D eigenvalue weighted by Gasteiger charge is -2.09. The van der Waals surface area contributed by atoms with Gasteiger partial charge in [-0.1, -0.05) is 24.3 Å². The van der Waals surface area contributed by atoms with E-state index in [1.54, 1.807) is 48.8 Å². The average Bonchev–Trinajstić information content (AvgIpc) is 3.29. The zero-order chi connectivity index (χ0) is 24.4. The van der Waals surface area contributed by atoms with Crippen LogP contribution in [0.3, 0.4) is 0 Å². The molecule has 0 aliphatic carbocycles. The van der Waals surface area contributed by atoms with Crippen molar-refractivity contribution in [2.75, 3.05) is 10.6 Å². The fourth-order valence-corrected chi connectivity index (χ4v) is 3.71. The summed E-state index contributed by atoms with van der Waals surface area (Å²) in [6.45, 7) is 0. The Labute approximate surface area is 198 Å². The molecule has 5 aromatic rings. The molecule has 2 heterocycles. The number of aromatic amines is 1. The first-order valence-electron chi connectivity index (χ1n) is 10.7. The minimum absolute atomic E-state index is 0.253. The van der Waals surface area contributed by atoms with Gasteiger partial charge in [-0.2, -0.15) is 0 Å². The number of carbonyl (C=O) groups is 2. The zero-order valence-electron chi connectivity index (χ0n) is 18.2. The highest BCUT2D eigenvalue weighted by atomic mass is 19.1. The van der Waals surface area contributed by atoms with Crippen molar-refractivity contribution in [3.05, 3.63) is 114 Å². The molecule has 0 aliphatic heterocycles. The molecule has 0 aliphatic rings. The SMILES string of the molecule is O=C(Nc1ccc(F)cc1)Nc1cccc(C(=O)c2c[nH]c3ncc(-c4ccc(F)cc4)cc23)c1. The topological polar surface area (TPSA) is 86.9 Å². The van der Waals surface area contributed by atoms with Crippen LogP contribution in [0.4, 0.5) is 25.0 Å². The maximum absolute atomic E-state index is 13.3. The number of carbonyl (C=O) groups excluding carboxylic acids is 2. The molecule has 2 amide bonds. The number of fused-ring (bicyclic) bond motifs is 1. The Balaban J connectivity index is 1.38. The summed E-state index contributed by atoms with van der Waals surface area (Å²) in [7, 11) is 0. The number of urea groups is 1. The number of rotatable bonds is 5. The highest BCUT2D eigenvalue weighted by molar-refractivity contribution is 6.16. The van der Waals surface area contributed by atoms with Gasteiger partial charge in [0, 0.05) is 45.8 Å². The fourth-order valence-electron chi connectivity index (χ4n) is 3.71. The molecule has 0 saturated carbocycles. The van der Waals surface area contributed by atoms with Gasteiger partial charge < -0.3 is 15.6 Å². The largest absolute Gasteiger partial charge is 0.345 e. The van der Waals surface area contributed by atoms with Gasteiger partial charge in [0.05, 0.1) is 0 Å². The number of hydrogen-bond donors (Lipinski definition) is 3. The van der Waals surface area contributed by atoms with Crippen molar-refractivity contribution in [2.24, 2.45) is 0 Å². The number of nitrogens with one attached hydrogen (secondary N) is 3. The molecular weight excluding hydrogens is 450 g/mol. The summed E-state index contributed by atoms with van der Waals surface area (Å²) in [6, 6.07) is 19.3. The summed E-state index contributed by atoms with van der Waals surface area (Å²) in [5.74, 6) is -0.989. The van der Waals surface area contributed by atoms with E-state index in [0.717, 1.165) is 11.1 Å². The van der Waals surface area contributed by atoms with E-state index in [-0.39, 0.29) is 11.6 Å². The van der Waals surface area contributed by atoms with Crippen molar-refractivity contribution in [3.63, 3.8) is 0 Å². The van der Waals surface area contributed by atoms with Gasteiger partial charge in [0.1, 0.15) is 17.3 Å². The van der Waals surface area contributed by atoms with E-state index in [9.17, 15) is 18.4 Å². The highest BCUT2D eigenvalue weighted by Crippen LogP contribution is 2.27. The predicted octanol–water partition coefficient (Wildman–Crippen LogP) is 6.38. The summed E-state index contributed by atoms with van der Waals surface area (Å²) in [5.41, 5.74) is 3.71. The highest BCUT2D eigenvalue weighted by Gasteiger charge is 2.16. The van der Waals surface area contributed by atoms with Gasteiger partial charge in [-0.25, -0.2) is 18.6 Å². The summed E-state index contributed by atoms with van der Waals surface area (Å²) in [5, 5.41) is 5.90. The van der Waals surface area contributed by atoms with Gasteiger partial charge in [0.15, 0.2) is 5.78 Å². The normalized spacial score (nSPS) is 10.8. The van der Waals surface area contributed by atoms with Gasteiger partial charge in [-0.05, 0) is 60.2 Å². The number of hydrogen-bond acceptors (Lipinski definition) is 3. The van der Waals surface area contributed by atoms with Crippen LogP contribution in [0.1, 0.15) is 15.9 Å². The van der Waals surface area contributed by atoms with E-state index in [0.29, 0.717) is 33.5 Å². The zero-order valence-corrected chi connectivity index (χ0v) is 18.2. The fraction of sp³-hybridized carbons (Fsp3) is 0. The van der Waals surface area contributed by atoms with E-state index < -0.39 is 11.8 Å². The molecule has 3 aromatic carbocycles. The monoisotopic (exact) mass is 468 g/mol. The van der Waals surface area contributed by atoms with Crippen LogP contribution in [0, 0.1) is 11.6 Å². The standard InChI is InChI=1S/C27H18F2N4O2/c28-19-6-4-16(5-7-19)18-13-23-24(15-31-26(23)30-14-18)25(34)17-2-1-3-22(12-17)33-27(35)32-21-10-8-20(29)9-11-21/h1-15H,(H,30,31)(H2,32,33,35). The van der Waals surface area contributed by atoms with Crippen molar-refractivity contribution in [1.82, 2.24) is 9.97 Å². The number of amides is 2. The first-order valence-corrected chi connectivity index (χ1v) is 10.7. The summed E-state index contributed by atoms with van der Waals surface area (Å²) in [6.07, 6.45) is 3.25. The van der Waals surface area contributed by atoms with Crippen molar-refractivity contribution in [3.8, 4) is 11.1 Å². The van der Waals surface area contributed by atoms with Crippen LogP contribution in [-0.4, -0.2) is 21.8 Å². The van der Waals surface area contributed by atoms with E-state index in [4.69, 9.17) is 0 Å². The molecule has 0 unspecified atom stereocenters. The lowest BCUT2D eigenvalue weighted by molar-refractivity contribution is 0.104. The van der Waals surface area contributed by atoms with E-state index >= 15 is 0 Å². The van der Waals surface area contributed by atoms with Crippen molar-refractivity contribution in [2.45, 2.75) is 0 Å². The molecule has 6 nitrogen and oxygen atoms in total. The molecule has 0 spiro atoms. The summed E-state index contributed by atoms with van der Waals surface area (Å²) in [4.78, 5) is 33.0. The van der Waals surface area contributed by atoms with E-state index in [2.05, 4.69) is 20.6 Å². The maximum Gasteiger partial charge on any atom is 0.323 e. The molecule has 0 fully saturated rings. The number of ketones is 1. The number of H-pyrrole nitrogens is 1. The third-order valence-electron chi connectivity index (χ3n) is 5.44. The smallest absolute Gasteiger partial charge is 0.323 e. The van der Waals surface area contributed by atoms with Crippen LogP contribution in [0.2, 0.25) is 0 Å². The van der Waals surface area contributed by atoms with Crippen LogP contribution in [0.15, 0.2) is 91.3 Å². The lowest BCUT2D eigenvalue weighted by atomic mass is 10.0. The number of nitrogens with zero attached hydrogens (tertiary/aromatic N) is 1. The minimum atomic E-state index is -0.526. The lowest BCUT2D eigenvalue weighted by Crippen LogP contribution is -2.19. The number of anilines is 2. The van der Waals surface area contributed by atoms with Gasteiger partial charge in [0.2, 0.25) is 0 Å². The Morgan fingerprint density at radius 1 is 0.771 bits per heavy atom. The molecule has 3 N–H and O–H groups in total. The average molecular weight is 468 g/mol. The predicted molar refractivity (Wildman–Crippen MR) is 130 cm³/mol. The second-order valence-corrected chi connectivity index (χ2v) is 7.83. The van der Waals surface area contributed by atoms with E-state index in [1.165, 1.54) is 36.4 Å². The third kappa shape index (κ3) is 4.77. The first kappa shape index (κ1) is 22.0.